The number of hydrogen-bond donors (Lipinski definition) is 0. The summed E-state index contributed by atoms with van der Waals surface area (Å²) in [6.45, 7) is 4.56. The second kappa shape index (κ2) is 9.29. The van der Waals surface area contributed by atoms with E-state index in [9.17, 15) is 9.36 Å². The zero-order valence-corrected chi connectivity index (χ0v) is 13.7. The molecule has 0 saturated carbocycles. The fourth-order valence-corrected chi connectivity index (χ4v) is 2.14. The Hall–Kier alpha value is -1.68. The molecule has 0 saturated heterocycles. The fourth-order valence-electron chi connectivity index (χ4n) is 1.85. The number of esters is 1. The average molecular weight is 316 g/mol. The molecule has 0 amide bonds. The Balaban J connectivity index is 3.13. The van der Waals surface area contributed by atoms with Gasteiger partial charge in [-0.3, -0.25) is 9.36 Å². The van der Waals surface area contributed by atoms with Crippen LogP contribution < -0.4 is 14.0 Å². The third kappa shape index (κ3) is 4.97. The molecule has 1 aromatic carbocycles. The molecule has 118 valence electrons. The number of rotatable bonds is 9. The van der Waals surface area contributed by atoms with Crippen molar-refractivity contribution < 1.29 is 28.1 Å². The summed E-state index contributed by atoms with van der Waals surface area (Å²) in [5.74, 6) is 1.03. The van der Waals surface area contributed by atoms with Gasteiger partial charge in [-0.25, -0.2) is 0 Å². The van der Waals surface area contributed by atoms with Crippen LogP contribution in [0.2, 0.25) is 0 Å². The fraction of sp³-hybridized carbons (Fsp3) is 0.500. The number of hydrogen-bond acceptors (Lipinski definition) is 6. The molecule has 1 unspecified atom stereocenters. The summed E-state index contributed by atoms with van der Waals surface area (Å²) in [6.07, 6.45) is 0.710. The van der Waals surface area contributed by atoms with Crippen LogP contribution in [0.4, 0.5) is 0 Å². The Morgan fingerprint density at radius 1 is 1.14 bits per heavy atom. The molecule has 0 heterocycles. The first-order chi connectivity index (χ1) is 10.2. The van der Waals surface area contributed by atoms with Crippen LogP contribution >= 0.6 is 8.69 Å². The molecule has 21 heavy (non-hydrogen) atoms. The van der Waals surface area contributed by atoms with Crippen molar-refractivity contribution in [2.45, 2.75) is 26.7 Å². The first-order valence-electron chi connectivity index (χ1n) is 6.76. The third-order valence-corrected chi connectivity index (χ3v) is 3.09. The summed E-state index contributed by atoms with van der Waals surface area (Å²) >= 11 is 0. The lowest BCUT2D eigenvalue weighted by atomic mass is 10.1. The van der Waals surface area contributed by atoms with Gasteiger partial charge in [-0.2, -0.15) is 0 Å². The maximum atomic E-state index is 11.3. The summed E-state index contributed by atoms with van der Waals surface area (Å²) in [5, 5.41) is 0. The standard InChI is InChI=1S/C14H21O6P/c1-4-18-13-10(7-9-12(15)17-3)6-8-11(20-21-16)14(13)19-5-2/h6,8H,4-5,7,9,21H2,1-3H3. The van der Waals surface area contributed by atoms with Gasteiger partial charge < -0.3 is 18.7 Å². The van der Waals surface area contributed by atoms with Crippen molar-refractivity contribution in [2.24, 2.45) is 0 Å². The lowest BCUT2D eigenvalue weighted by Crippen LogP contribution is -2.06. The predicted octanol–water partition coefficient (Wildman–Crippen LogP) is 2.64. The van der Waals surface area contributed by atoms with Crippen molar-refractivity contribution in [1.82, 2.24) is 0 Å². The maximum Gasteiger partial charge on any atom is 0.305 e. The molecule has 0 aromatic heterocycles. The molecule has 1 rings (SSSR count). The number of ether oxygens (including phenoxy) is 3. The average Bonchev–Trinajstić information content (AvgIpc) is 2.49. The second-order valence-electron chi connectivity index (χ2n) is 4.04. The molecule has 1 atom stereocenters. The lowest BCUT2D eigenvalue weighted by molar-refractivity contribution is -0.140. The molecular formula is C14H21O6P. The molecule has 1 aromatic rings. The van der Waals surface area contributed by atoms with Gasteiger partial charge in [0.1, 0.15) is 0 Å². The van der Waals surface area contributed by atoms with Crippen molar-refractivity contribution in [3.05, 3.63) is 17.7 Å². The van der Waals surface area contributed by atoms with Gasteiger partial charge in [-0.1, -0.05) is 6.07 Å². The van der Waals surface area contributed by atoms with Gasteiger partial charge in [0.25, 0.3) is 0 Å². The second-order valence-corrected chi connectivity index (χ2v) is 4.47. The van der Waals surface area contributed by atoms with E-state index in [0.29, 0.717) is 36.9 Å². The Bertz CT molecular complexity index is 489. The normalized spacial score (nSPS) is 10.6. The maximum absolute atomic E-state index is 11.3. The molecule has 0 N–H and O–H groups in total. The highest BCUT2D eigenvalue weighted by Crippen LogP contribution is 2.42. The largest absolute Gasteiger partial charge is 0.490 e. The number of methoxy groups -OCH3 is 1. The summed E-state index contributed by atoms with van der Waals surface area (Å²) in [4.78, 5) is 11.3. The van der Waals surface area contributed by atoms with Crippen molar-refractivity contribution in [2.75, 3.05) is 20.3 Å². The smallest absolute Gasteiger partial charge is 0.305 e. The highest BCUT2D eigenvalue weighted by Gasteiger charge is 2.18. The zero-order valence-electron chi connectivity index (χ0n) is 12.5. The molecule has 7 heteroatoms. The minimum Gasteiger partial charge on any atom is -0.490 e. The third-order valence-electron chi connectivity index (χ3n) is 2.74. The molecule has 0 aliphatic rings. The summed E-state index contributed by atoms with van der Waals surface area (Å²) < 4.78 is 31.7. The van der Waals surface area contributed by atoms with Crippen LogP contribution in [0.25, 0.3) is 0 Å². The van der Waals surface area contributed by atoms with Crippen molar-refractivity contribution >= 4 is 14.7 Å². The van der Waals surface area contributed by atoms with Gasteiger partial charge >= 0.3 is 5.97 Å². The van der Waals surface area contributed by atoms with E-state index in [1.807, 2.05) is 13.8 Å². The Labute approximate surface area is 125 Å². The molecule has 6 nitrogen and oxygen atoms in total. The highest BCUT2D eigenvalue weighted by molar-refractivity contribution is 7.17. The van der Waals surface area contributed by atoms with E-state index in [1.54, 1.807) is 12.1 Å². The van der Waals surface area contributed by atoms with Crippen LogP contribution in [0.15, 0.2) is 12.1 Å². The molecule has 0 spiro atoms. The Morgan fingerprint density at radius 3 is 2.38 bits per heavy atom. The number of carbonyl (C=O) groups excluding carboxylic acids is 1. The van der Waals surface area contributed by atoms with Gasteiger partial charge in [0.15, 0.2) is 11.5 Å². The van der Waals surface area contributed by atoms with Gasteiger partial charge in [0, 0.05) is 6.42 Å². The van der Waals surface area contributed by atoms with E-state index >= 15 is 0 Å². The number of aryl methyl sites for hydroxylation is 1. The monoisotopic (exact) mass is 316 g/mol. The number of benzene rings is 1. The molecule has 0 fully saturated rings. The van der Waals surface area contributed by atoms with Gasteiger partial charge in [-0.15, -0.1) is 0 Å². The molecule has 0 radical (unpaired) electrons. The minimum atomic E-state index is -1.39. The first kappa shape index (κ1) is 17.4. The van der Waals surface area contributed by atoms with E-state index in [4.69, 9.17) is 14.0 Å². The van der Waals surface area contributed by atoms with Crippen LogP contribution in [-0.2, 0) is 20.5 Å². The number of carbonyl (C=O) groups is 1. The molecule has 0 aliphatic heterocycles. The first-order valence-corrected chi connectivity index (χ1v) is 7.70. The van der Waals surface area contributed by atoms with Gasteiger partial charge in [0.05, 0.1) is 20.3 Å². The van der Waals surface area contributed by atoms with E-state index in [1.165, 1.54) is 7.11 Å². The van der Waals surface area contributed by atoms with Crippen molar-refractivity contribution in [3.8, 4) is 17.2 Å². The molecule has 0 bridgehead atoms. The zero-order chi connectivity index (χ0) is 15.7. The topological polar surface area (TPSA) is 71.1 Å². The SMILES string of the molecule is CCOc1c(CCC(=O)OC)ccc(O[PH2]=O)c1OCC. The van der Waals surface area contributed by atoms with Crippen LogP contribution in [0.3, 0.4) is 0 Å². The predicted molar refractivity (Wildman–Crippen MR) is 80.1 cm³/mol. The summed E-state index contributed by atoms with van der Waals surface area (Å²) in [7, 11) is -0.0395. The highest BCUT2D eigenvalue weighted by atomic mass is 31.1. The quantitative estimate of drug-likeness (QED) is 0.515. The van der Waals surface area contributed by atoms with Crippen LogP contribution in [0.1, 0.15) is 25.8 Å². The van der Waals surface area contributed by atoms with Crippen LogP contribution in [0, 0.1) is 0 Å². The van der Waals surface area contributed by atoms with Crippen LogP contribution in [-0.4, -0.2) is 26.3 Å². The Morgan fingerprint density at radius 2 is 1.81 bits per heavy atom. The van der Waals surface area contributed by atoms with Crippen LogP contribution in [0.5, 0.6) is 17.2 Å². The lowest BCUT2D eigenvalue weighted by Gasteiger charge is -2.17. The van der Waals surface area contributed by atoms with Crippen molar-refractivity contribution in [3.63, 3.8) is 0 Å². The summed E-state index contributed by atoms with van der Waals surface area (Å²) in [6, 6.07) is 3.45. The minimum absolute atomic E-state index is 0.245. The summed E-state index contributed by atoms with van der Waals surface area (Å²) in [5.41, 5.74) is 0.818. The Kier molecular flexibility index (Phi) is 7.69. The van der Waals surface area contributed by atoms with E-state index in [0.717, 1.165) is 5.56 Å². The van der Waals surface area contributed by atoms with Crippen molar-refractivity contribution in [1.29, 1.82) is 0 Å². The van der Waals surface area contributed by atoms with E-state index in [-0.39, 0.29) is 12.4 Å². The molecular weight excluding hydrogens is 295 g/mol. The van der Waals surface area contributed by atoms with Gasteiger partial charge in [0.2, 0.25) is 14.4 Å². The van der Waals surface area contributed by atoms with Gasteiger partial charge in [-0.05, 0) is 31.9 Å². The van der Waals surface area contributed by atoms with E-state index in [2.05, 4.69) is 4.74 Å². The molecule has 0 aliphatic carbocycles. The van der Waals surface area contributed by atoms with E-state index < -0.39 is 8.69 Å².